The third-order valence-electron chi connectivity index (χ3n) is 15.2. The quantitative estimate of drug-likeness (QED) is 0.0166. The molecule has 2 aromatic carbocycles. The number of guanidine groups is 2. The maximum Gasteiger partial charge on any atom is 0.245 e. The maximum absolute atomic E-state index is 14.2. The van der Waals surface area contributed by atoms with Crippen molar-refractivity contribution in [2.24, 2.45) is 61.6 Å². The molecule has 0 aliphatic heterocycles. The van der Waals surface area contributed by atoms with Crippen LogP contribution < -0.4 is 115 Å². The topological polar surface area (TPSA) is 683 Å². The minimum absolute atomic E-state index is 0.0414. The van der Waals surface area contributed by atoms with E-state index in [1.54, 1.807) is 60.7 Å². The highest BCUT2D eigenvalue weighted by atomic mass is 16.3. The zero-order valence-electron chi connectivity index (χ0n) is 57.5. The van der Waals surface area contributed by atoms with Gasteiger partial charge in [0.15, 0.2) is 11.9 Å². The Morgan fingerprint density at radius 2 is 0.794 bits per heavy atom. The molecule has 0 saturated heterocycles. The maximum atomic E-state index is 14.2. The second-order valence-corrected chi connectivity index (χ2v) is 23.9. The number of amides is 14. The van der Waals surface area contributed by atoms with Crippen LogP contribution in [-0.2, 0) is 80.0 Å². The SMILES string of the molecule is C[C@H](NC(=O)CNC(=O)[C@@H](NC(=O)[C@H](Cc1ccccc1)NC(=O)[C@H](CC(N)=O)NC(=O)CNC(=O)[C@@H](N)Cc1ccccc1)[C@@H](C)O)C(=O)N[C@@H](CCCN=C(N)N)C(=O)N[C@@H](CCCCN)C(=O)N[C@H](CO)C(=O)N[C@@H](C)C(=O)N[C@@H](CCCN=C(N)N)C(=O)N[C@@H](CCCCN)C(N)=O. The minimum Gasteiger partial charge on any atom is -0.394 e. The normalized spacial score (nSPS) is 14.4. The number of primary amides is 2. The molecule has 0 radical (unpaired) electrons. The summed E-state index contributed by atoms with van der Waals surface area (Å²) in [7, 11) is 0. The van der Waals surface area contributed by atoms with Crippen molar-refractivity contribution >= 4 is 94.6 Å². The summed E-state index contributed by atoms with van der Waals surface area (Å²) < 4.78 is 0. The van der Waals surface area contributed by atoms with Crippen LogP contribution in [0.5, 0.6) is 0 Å². The van der Waals surface area contributed by atoms with Gasteiger partial charge in [-0.05, 0) is 116 Å². The van der Waals surface area contributed by atoms with Crippen LogP contribution >= 0.6 is 0 Å². The molecular weight excluding hydrogens is 1330 g/mol. The van der Waals surface area contributed by atoms with Crippen LogP contribution in [0.2, 0.25) is 0 Å². The summed E-state index contributed by atoms with van der Waals surface area (Å²) in [5.74, 6) is -14.0. The van der Waals surface area contributed by atoms with Crippen LogP contribution in [0.1, 0.15) is 103 Å². The Balaban J connectivity index is 2.24. The predicted octanol–water partition coefficient (Wildman–Crippen LogP) is -9.98. The lowest BCUT2D eigenvalue weighted by Crippen LogP contribution is -2.60. The molecule has 0 heterocycles. The number of aliphatic hydroxyl groups is 2. The number of aliphatic hydroxyl groups excluding tert-OH is 2. The van der Waals surface area contributed by atoms with Crippen LogP contribution in [0.15, 0.2) is 70.6 Å². The molecule has 102 heavy (non-hydrogen) atoms. The second-order valence-electron chi connectivity index (χ2n) is 23.9. The van der Waals surface area contributed by atoms with Crippen LogP contribution in [0.3, 0.4) is 0 Å². The summed E-state index contributed by atoms with van der Waals surface area (Å²) >= 11 is 0. The molecule has 0 bridgehead atoms. The summed E-state index contributed by atoms with van der Waals surface area (Å²) in [6.07, 6.45) is -0.893. The number of benzene rings is 2. The Bertz CT molecular complexity index is 3160. The third kappa shape index (κ3) is 34.9. The highest BCUT2D eigenvalue weighted by Gasteiger charge is 2.36. The molecule has 39 nitrogen and oxygen atoms in total. The molecule has 32 N–H and O–H groups in total. The van der Waals surface area contributed by atoms with Gasteiger partial charge < -0.3 is 126 Å². The first-order chi connectivity index (χ1) is 48.3. The molecule has 0 aromatic heterocycles. The van der Waals surface area contributed by atoms with Gasteiger partial charge in [-0.2, -0.15) is 0 Å². The Kier molecular flexibility index (Phi) is 40.6. The van der Waals surface area contributed by atoms with Crippen molar-refractivity contribution in [1.29, 1.82) is 0 Å². The molecule has 0 unspecified atom stereocenters. The standard InChI is InChI=1S/C63H103N23O16/c1-34(77-48(90)31-76-61(102)50(36(3)88)86-59(100)44(29-38-18-8-5-9-19-38)84-58(99)45(30-47(67)89)79-49(91)32-75-54(95)39(66)28-37-16-6-4-7-17-37)52(93)81-43(23-15-27-74-63(71)72)56(97)83-41(21-11-13-25-65)57(98)85-46(33-87)60(101)78-35(2)53(94)82-42(22-14-26-73-62(69)70)55(96)80-40(51(68)92)20-10-12-24-64/h4-9,16-19,34-36,39-46,50,87-88H,10-15,20-33,64-66H2,1-3H3,(H2,67,89)(H2,68,92)(H,75,95)(H,76,102)(H,77,90)(H,78,101)(H,79,91)(H,80,96)(H,81,93)(H,82,94)(H,83,97)(H,84,99)(H,85,98)(H,86,100)(H4,69,70,73)(H4,71,72,74)/t34-,35-,36+,39-,40-,41-,42-,43-,44-,45-,46+,50-/m0/s1. The molecule has 39 heteroatoms. The van der Waals surface area contributed by atoms with E-state index in [-0.39, 0.29) is 89.3 Å². The van der Waals surface area contributed by atoms with Gasteiger partial charge in [0.05, 0.1) is 38.3 Å². The van der Waals surface area contributed by atoms with Crippen molar-refractivity contribution in [3.8, 4) is 0 Å². The average Bonchev–Trinajstić information content (AvgIpc) is 0.857. The van der Waals surface area contributed by atoms with Crippen molar-refractivity contribution in [2.45, 2.75) is 177 Å². The van der Waals surface area contributed by atoms with Gasteiger partial charge in [-0.25, -0.2) is 0 Å². The number of aliphatic imine (C=N–C) groups is 2. The number of hydrogen-bond donors (Lipinski definition) is 23. The van der Waals surface area contributed by atoms with Crippen LogP contribution in [0.25, 0.3) is 0 Å². The fourth-order valence-electron chi connectivity index (χ4n) is 9.61. The number of carbonyl (C=O) groups is 14. The van der Waals surface area contributed by atoms with E-state index in [2.05, 4.69) is 73.8 Å². The number of unbranched alkanes of at least 4 members (excludes halogenated alkanes) is 2. The first kappa shape index (κ1) is 87.4. The number of nitrogens with zero attached hydrogens (tertiary/aromatic N) is 2. The lowest BCUT2D eigenvalue weighted by atomic mass is 10.0. The van der Waals surface area contributed by atoms with E-state index >= 15 is 0 Å². The third-order valence-corrected chi connectivity index (χ3v) is 15.2. The van der Waals surface area contributed by atoms with Gasteiger partial charge in [-0.1, -0.05) is 60.7 Å². The fourth-order valence-corrected chi connectivity index (χ4v) is 9.61. The van der Waals surface area contributed by atoms with Gasteiger partial charge in [0, 0.05) is 19.5 Å². The molecule has 2 aromatic rings. The molecule has 2 rings (SSSR count). The van der Waals surface area contributed by atoms with E-state index in [0.29, 0.717) is 31.4 Å². The second kappa shape index (κ2) is 47.4. The highest BCUT2D eigenvalue weighted by Crippen LogP contribution is 2.11. The number of nitrogens with one attached hydrogen (secondary N) is 12. The van der Waals surface area contributed by atoms with Crippen LogP contribution in [0, 0.1) is 0 Å². The van der Waals surface area contributed by atoms with Crippen molar-refractivity contribution in [1.82, 2.24) is 63.8 Å². The molecular formula is C63H103N23O16. The Hall–Kier alpha value is -10.6. The summed E-state index contributed by atoms with van der Waals surface area (Å²) in [5.41, 5.74) is 51.3. The number of rotatable bonds is 49. The average molecular weight is 1440 g/mol. The van der Waals surface area contributed by atoms with E-state index in [9.17, 15) is 77.3 Å². The predicted molar refractivity (Wildman–Crippen MR) is 372 cm³/mol. The minimum atomic E-state index is -1.81. The smallest absolute Gasteiger partial charge is 0.245 e. The van der Waals surface area contributed by atoms with Crippen molar-refractivity contribution in [3.05, 3.63) is 71.8 Å². The zero-order chi connectivity index (χ0) is 76.4. The van der Waals surface area contributed by atoms with E-state index in [1.807, 2.05) is 0 Å². The zero-order valence-corrected chi connectivity index (χ0v) is 57.5. The molecule has 0 fully saturated rings. The van der Waals surface area contributed by atoms with Crippen molar-refractivity contribution in [2.75, 3.05) is 45.9 Å². The molecule has 0 spiro atoms. The Labute approximate surface area is 589 Å². The number of hydrogen-bond acceptors (Lipinski definition) is 21. The van der Waals surface area contributed by atoms with Crippen molar-refractivity contribution in [3.63, 3.8) is 0 Å². The first-order valence-electron chi connectivity index (χ1n) is 33.1. The van der Waals surface area contributed by atoms with Gasteiger partial charge >= 0.3 is 0 Å². The summed E-state index contributed by atoms with van der Waals surface area (Å²) in [4.78, 5) is 195. The Morgan fingerprint density at radius 3 is 1.25 bits per heavy atom. The Morgan fingerprint density at radius 1 is 0.412 bits per heavy atom. The summed E-state index contributed by atoms with van der Waals surface area (Å²) in [6, 6.07) is 0.881. The first-order valence-corrected chi connectivity index (χ1v) is 33.1. The monoisotopic (exact) mass is 1440 g/mol. The summed E-state index contributed by atoms with van der Waals surface area (Å²) in [6.45, 7) is 1.54. The highest BCUT2D eigenvalue weighted by molar-refractivity contribution is 6.00. The lowest BCUT2D eigenvalue weighted by molar-refractivity contribution is -0.136. The van der Waals surface area contributed by atoms with Gasteiger partial charge in [0.2, 0.25) is 82.7 Å². The van der Waals surface area contributed by atoms with E-state index in [1.165, 1.54) is 13.8 Å². The van der Waals surface area contributed by atoms with Gasteiger partial charge in [-0.15, -0.1) is 0 Å². The van der Waals surface area contributed by atoms with Crippen LogP contribution in [-0.4, -0.2) is 223 Å². The van der Waals surface area contributed by atoms with Gasteiger partial charge in [-0.3, -0.25) is 77.1 Å². The number of carbonyl (C=O) groups excluding carboxylic acids is 14. The van der Waals surface area contributed by atoms with E-state index in [4.69, 9.17) is 51.6 Å². The molecule has 566 valence electrons. The van der Waals surface area contributed by atoms with Gasteiger partial charge in [0.25, 0.3) is 0 Å². The fraction of sp³-hybridized carbons (Fsp3) is 0.556. The molecule has 14 amide bonds. The molecule has 0 saturated carbocycles. The van der Waals surface area contributed by atoms with E-state index in [0.717, 1.165) is 12.5 Å². The largest absolute Gasteiger partial charge is 0.394 e. The number of nitrogens with two attached hydrogens (primary N) is 9. The summed E-state index contributed by atoms with van der Waals surface area (Å²) in [5, 5.41) is 49.9. The lowest BCUT2D eigenvalue weighted by Gasteiger charge is -2.27. The molecule has 12 atom stereocenters. The molecule has 0 aliphatic carbocycles. The van der Waals surface area contributed by atoms with E-state index < -0.39 is 181 Å². The molecule has 0 aliphatic rings. The van der Waals surface area contributed by atoms with Crippen molar-refractivity contribution < 1.29 is 77.3 Å². The van der Waals surface area contributed by atoms with Gasteiger partial charge in [0.1, 0.15) is 60.4 Å². The van der Waals surface area contributed by atoms with Crippen LogP contribution in [0.4, 0.5) is 0 Å².